The van der Waals surface area contributed by atoms with Crippen LogP contribution in [0.2, 0.25) is 0 Å². The summed E-state index contributed by atoms with van der Waals surface area (Å²) in [5.74, 6) is 1.18. The van der Waals surface area contributed by atoms with Crippen molar-refractivity contribution in [3.8, 4) is 5.82 Å². The second kappa shape index (κ2) is 4.67. The molecule has 2 aromatic rings. The Kier molecular flexibility index (Phi) is 3.24. The van der Waals surface area contributed by atoms with Crippen molar-refractivity contribution in [3.05, 3.63) is 41.9 Å². The van der Waals surface area contributed by atoms with Crippen molar-refractivity contribution in [2.24, 2.45) is 0 Å². The first-order valence-corrected chi connectivity index (χ1v) is 5.78. The van der Waals surface area contributed by atoms with E-state index in [2.05, 4.69) is 23.9 Å². The van der Waals surface area contributed by atoms with E-state index in [1.165, 1.54) is 0 Å². The van der Waals surface area contributed by atoms with Crippen molar-refractivity contribution < 1.29 is 5.11 Å². The number of nitrogens with zero attached hydrogens (tertiary/aromatic N) is 3. The minimum Gasteiger partial charge on any atom is -0.389 e. The Balaban J connectivity index is 2.27. The van der Waals surface area contributed by atoms with E-state index in [9.17, 15) is 5.11 Å². The summed E-state index contributed by atoms with van der Waals surface area (Å²) in [6.07, 6.45) is 3.09. The number of rotatable bonds is 3. The first-order chi connectivity index (χ1) is 8.08. The summed E-state index contributed by atoms with van der Waals surface area (Å²) >= 11 is 0. The van der Waals surface area contributed by atoms with Gasteiger partial charge in [-0.05, 0) is 30.5 Å². The second-order valence-corrected chi connectivity index (χ2v) is 4.47. The number of aromatic nitrogens is 3. The number of aliphatic hydroxyl groups is 1. The van der Waals surface area contributed by atoms with Crippen LogP contribution in [0.15, 0.2) is 30.6 Å². The highest BCUT2D eigenvalue weighted by molar-refractivity contribution is 5.26. The predicted molar refractivity (Wildman–Crippen MR) is 66.1 cm³/mol. The van der Waals surface area contributed by atoms with Crippen molar-refractivity contribution in [2.45, 2.75) is 32.8 Å². The molecule has 1 N–H and O–H groups in total. The highest BCUT2D eigenvalue weighted by Crippen LogP contribution is 2.15. The first-order valence-electron chi connectivity index (χ1n) is 5.78. The lowest BCUT2D eigenvalue weighted by molar-refractivity contribution is 0.199. The van der Waals surface area contributed by atoms with Crippen LogP contribution in [-0.4, -0.2) is 19.9 Å². The van der Waals surface area contributed by atoms with Gasteiger partial charge in [-0.1, -0.05) is 19.9 Å². The molecule has 0 saturated heterocycles. The van der Waals surface area contributed by atoms with E-state index in [0.717, 1.165) is 17.1 Å². The van der Waals surface area contributed by atoms with Gasteiger partial charge in [0.25, 0.3) is 0 Å². The summed E-state index contributed by atoms with van der Waals surface area (Å²) in [5, 5.41) is 13.8. The van der Waals surface area contributed by atoms with Gasteiger partial charge in [0.05, 0.1) is 11.8 Å². The number of hydrogen-bond donors (Lipinski definition) is 1. The SMILES string of the molecule is CC(C)c1ccn(-c2ccc([C@@H](C)O)cn2)n1. The molecule has 0 bridgehead atoms. The van der Waals surface area contributed by atoms with Crippen LogP contribution in [-0.2, 0) is 0 Å². The normalized spacial score (nSPS) is 13.0. The molecule has 4 heteroatoms. The molecule has 2 rings (SSSR count). The Morgan fingerprint density at radius 3 is 2.41 bits per heavy atom. The summed E-state index contributed by atoms with van der Waals surface area (Å²) in [7, 11) is 0. The maximum absolute atomic E-state index is 9.40. The van der Waals surface area contributed by atoms with Crippen LogP contribution in [0.25, 0.3) is 5.82 Å². The maximum atomic E-state index is 9.40. The smallest absolute Gasteiger partial charge is 0.153 e. The topological polar surface area (TPSA) is 50.9 Å². The van der Waals surface area contributed by atoms with Crippen LogP contribution in [0.4, 0.5) is 0 Å². The number of pyridine rings is 1. The molecule has 0 aliphatic rings. The Morgan fingerprint density at radius 2 is 1.94 bits per heavy atom. The lowest BCUT2D eigenvalue weighted by Crippen LogP contribution is -2.01. The van der Waals surface area contributed by atoms with Crippen LogP contribution in [0.3, 0.4) is 0 Å². The lowest BCUT2D eigenvalue weighted by atomic mass is 10.1. The van der Waals surface area contributed by atoms with E-state index < -0.39 is 6.10 Å². The minimum absolute atomic E-state index is 0.410. The molecular weight excluding hydrogens is 214 g/mol. The molecule has 17 heavy (non-hydrogen) atoms. The summed E-state index contributed by atoms with van der Waals surface area (Å²) in [6.45, 7) is 5.94. The molecule has 0 spiro atoms. The largest absolute Gasteiger partial charge is 0.389 e. The average molecular weight is 231 g/mol. The van der Waals surface area contributed by atoms with Gasteiger partial charge in [0, 0.05) is 12.4 Å². The molecule has 0 aliphatic heterocycles. The number of aliphatic hydroxyl groups excluding tert-OH is 1. The van der Waals surface area contributed by atoms with E-state index in [1.54, 1.807) is 17.8 Å². The zero-order valence-corrected chi connectivity index (χ0v) is 10.3. The van der Waals surface area contributed by atoms with Gasteiger partial charge in [-0.3, -0.25) is 0 Å². The molecule has 1 atom stereocenters. The Hall–Kier alpha value is -1.68. The van der Waals surface area contributed by atoms with Crippen LogP contribution in [0, 0.1) is 0 Å². The standard InChI is InChI=1S/C13H17N3O/c1-9(2)12-6-7-16(15-12)13-5-4-11(8-14-13)10(3)17/h4-10,17H,1-3H3/t10-/m1/s1. The predicted octanol–water partition coefficient (Wildman–Crippen LogP) is 2.44. The van der Waals surface area contributed by atoms with Crippen molar-refractivity contribution in [1.29, 1.82) is 0 Å². The zero-order chi connectivity index (χ0) is 12.4. The Labute approximate surface area is 101 Å². The van der Waals surface area contributed by atoms with Gasteiger partial charge in [0.2, 0.25) is 0 Å². The molecule has 0 saturated carbocycles. The first kappa shape index (κ1) is 11.8. The summed E-state index contributed by atoms with van der Waals surface area (Å²) < 4.78 is 1.75. The molecule has 0 amide bonds. The summed E-state index contributed by atoms with van der Waals surface area (Å²) in [6, 6.07) is 5.72. The van der Waals surface area contributed by atoms with E-state index >= 15 is 0 Å². The highest BCUT2D eigenvalue weighted by Gasteiger charge is 2.06. The van der Waals surface area contributed by atoms with Gasteiger partial charge >= 0.3 is 0 Å². The van der Waals surface area contributed by atoms with E-state index in [1.807, 2.05) is 24.4 Å². The monoisotopic (exact) mass is 231 g/mol. The fourth-order valence-corrected chi connectivity index (χ4v) is 1.55. The highest BCUT2D eigenvalue weighted by atomic mass is 16.3. The molecule has 0 aliphatic carbocycles. The van der Waals surface area contributed by atoms with Gasteiger partial charge in [-0.25, -0.2) is 9.67 Å². The van der Waals surface area contributed by atoms with Crippen LogP contribution in [0.1, 0.15) is 44.1 Å². The van der Waals surface area contributed by atoms with Gasteiger partial charge in [0.15, 0.2) is 5.82 Å². The third-order valence-corrected chi connectivity index (χ3v) is 2.69. The minimum atomic E-state index is -0.486. The Bertz CT molecular complexity index is 486. The molecule has 2 aromatic heterocycles. The van der Waals surface area contributed by atoms with E-state index in [-0.39, 0.29) is 0 Å². The number of hydrogen-bond acceptors (Lipinski definition) is 3. The maximum Gasteiger partial charge on any atom is 0.153 e. The van der Waals surface area contributed by atoms with Gasteiger partial charge in [0.1, 0.15) is 0 Å². The van der Waals surface area contributed by atoms with Gasteiger partial charge in [-0.2, -0.15) is 5.10 Å². The fraction of sp³-hybridized carbons (Fsp3) is 0.385. The third kappa shape index (κ3) is 2.53. The van der Waals surface area contributed by atoms with Crippen LogP contribution in [0.5, 0.6) is 0 Å². The third-order valence-electron chi connectivity index (χ3n) is 2.69. The molecule has 2 heterocycles. The van der Waals surface area contributed by atoms with Gasteiger partial charge in [-0.15, -0.1) is 0 Å². The van der Waals surface area contributed by atoms with Crippen LogP contribution >= 0.6 is 0 Å². The zero-order valence-electron chi connectivity index (χ0n) is 10.3. The summed E-state index contributed by atoms with van der Waals surface area (Å²) in [5.41, 5.74) is 1.86. The van der Waals surface area contributed by atoms with Crippen molar-refractivity contribution in [3.63, 3.8) is 0 Å². The average Bonchev–Trinajstić information content (AvgIpc) is 2.78. The van der Waals surface area contributed by atoms with E-state index in [4.69, 9.17) is 0 Å². The molecule has 0 radical (unpaired) electrons. The van der Waals surface area contributed by atoms with E-state index in [0.29, 0.717) is 5.92 Å². The molecule has 0 unspecified atom stereocenters. The van der Waals surface area contributed by atoms with Gasteiger partial charge < -0.3 is 5.11 Å². The van der Waals surface area contributed by atoms with Crippen molar-refractivity contribution >= 4 is 0 Å². The Morgan fingerprint density at radius 1 is 1.18 bits per heavy atom. The molecule has 0 aromatic carbocycles. The molecule has 0 fully saturated rings. The quantitative estimate of drug-likeness (QED) is 0.882. The molecule has 90 valence electrons. The molecule has 4 nitrogen and oxygen atoms in total. The van der Waals surface area contributed by atoms with Crippen molar-refractivity contribution in [1.82, 2.24) is 14.8 Å². The second-order valence-electron chi connectivity index (χ2n) is 4.47. The molecular formula is C13H17N3O. The summed E-state index contributed by atoms with van der Waals surface area (Å²) in [4.78, 5) is 4.28. The van der Waals surface area contributed by atoms with Crippen LogP contribution < -0.4 is 0 Å². The van der Waals surface area contributed by atoms with Crippen molar-refractivity contribution in [2.75, 3.05) is 0 Å². The lowest BCUT2D eigenvalue weighted by Gasteiger charge is -2.05. The fourth-order valence-electron chi connectivity index (χ4n) is 1.55.